The number of aromatic nitrogens is 4. The van der Waals surface area contributed by atoms with E-state index in [1.807, 2.05) is 24.6 Å². The van der Waals surface area contributed by atoms with Gasteiger partial charge in [-0.05, 0) is 31.2 Å². The Kier molecular flexibility index (Phi) is 5.65. The molecular formula is C18H26N4O3. The van der Waals surface area contributed by atoms with E-state index in [-0.39, 0.29) is 18.1 Å². The SMILES string of the molecule is CC(C)c1[nH]c(=O)ccc1-c1nc(C2CCOCC2)nn1CCCO. The van der Waals surface area contributed by atoms with Crippen LogP contribution in [-0.2, 0) is 11.3 Å². The van der Waals surface area contributed by atoms with Crippen LogP contribution in [0.5, 0.6) is 0 Å². The third-order valence-electron chi connectivity index (χ3n) is 4.57. The van der Waals surface area contributed by atoms with Gasteiger partial charge in [0.2, 0.25) is 5.56 Å². The smallest absolute Gasteiger partial charge is 0.248 e. The number of nitrogens with one attached hydrogen (secondary N) is 1. The van der Waals surface area contributed by atoms with Crippen molar-refractivity contribution in [2.75, 3.05) is 19.8 Å². The summed E-state index contributed by atoms with van der Waals surface area (Å²) in [6.07, 6.45) is 2.46. The third kappa shape index (κ3) is 3.99. The zero-order valence-corrected chi connectivity index (χ0v) is 14.9. The summed E-state index contributed by atoms with van der Waals surface area (Å²) < 4.78 is 7.30. The second-order valence-corrected chi connectivity index (χ2v) is 6.79. The van der Waals surface area contributed by atoms with Crippen molar-refractivity contribution in [3.8, 4) is 11.4 Å². The fourth-order valence-electron chi connectivity index (χ4n) is 3.20. The van der Waals surface area contributed by atoms with Crippen LogP contribution in [0.2, 0.25) is 0 Å². The lowest BCUT2D eigenvalue weighted by Crippen LogP contribution is -2.15. The molecule has 136 valence electrons. The predicted molar refractivity (Wildman–Crippen MR) is 94.7 cm³/mol. The van der Waals surface area contributed by atoms with E-state index in [9.17, 15) is 9.90 Å². The number of hydrogen-bond acceptors (Lipinski definition) is 5. The molecule has 25 heavy (non-hydrogen) atoms. The Hall–Kier alpha value is -1.99. The first-order valence-electron chi connectivity index (χ1n) is 8.97. The van der Waals surface area contributed by atoms with Gasteiger partial charge in [-0.25, -0.2) is 9.67 Å². The van der Waals surface area contributed by atoms with Gasteiger partial charge in [0.25, 0.3) is 0 Å². The van der Waals surface area contributed by atoms with E-state index in [1.54, 1.807) is 0 Å². The first kappa shape index (κ1) is 17.8. The summed E-state index contributed by atoms with van der Waals surface area (Å²) in [5, 5.41) is 13.9. The third-order valence-corrected chi connectivity index (χ3v) is 4.57. The van der Waals surface area contributed by atoms with Gasteiger partial charge in [0.1, 0.15) is 0 Å². The summed E-state index contributed by atoms with van der Waals surface area (Å²) in [6.45, 7) is 6.26. The van der Waals surface area contributed by atoms with Gasteiger partial charge in [0.15, 0.2) is 11.6 Å². The molecular weight excluding hydrogens is 320 g/mol. The number of aryl methyl sites for hydroxylation is 1. The summed E-state index contributed by atoms with van der Waals surface area (Å²) >= 11 is 0. The first-order valence-corrected chi connectivity index (χ1v) is 8.97. The van der Waals surface area contributed by atoms with Crippen LogP contribution < -0.4 is 5.56 Å². The minimum absolute atomic E-state index is 0.106. The number of pyridine rings is 1. The van der Waals surface area contributed by atoms with E-state index in [4.69, 9.17) is 14.8 Å². The van der Waals surface area contributed by atoms with Crippen molar-refractivity contribution in [1.29, 1.82) is 0 Å². The van der Waals surface area contributed by atoms with Crippen LogP contribution in [0, 0.1) is 0 Å². The van der Waals surface area contributed by atoms with Crippen LogP contribution in [0.3, 0.4) is 0 Å². The molecule has 0 saturated carbocycles. The monoisotopic (exact) mass is 346 g/mol. The van der Waals surface area contributed by atoms with Gasteiger partial charge in [-0.1, -0.05) is 13.8 Å². The van der Waals surface area contributed by atoms with Crippen LogP contribution in [0.25, 0.3) is 11.4 Å². The average molecular weight is 346 g/mol. The van der Waals surface area contributed by atoms with Crippen molar-refractivity contribution in [2.45, 2.75) is 51.5 Å². The number of hydrogen-bond donors (Lipinski definition) is 2. The number of ether oxygens (including phenoxy) is 1. The lowest BCUT2D eigenvalue weighted by atomic mass is 10.00. The lowest BCUT2D eigenvalue weighted by Gasteiger charge is -2.18. The molecule has 0 amide bonds. The number of aliphatic hydroxyl groups is 1. The Labute approximate surface area is 147 Å². The fourth-order valence-corrected chi connectivity index (χ4v) is 3.20. The fraction of sp³-hybridized carbons (Fsp3) is 0.611. The zero-order valence-electron chi connectivity index (χ0n) is 14.9. The van der Waals surface area contributed by atoms with Crippen molar-refractivity contribution in [1.82, 2.24) is 19.7 Å². The highest BCUT2D eigenvalue weighted by molar-refractivity contribution is 5.59. The van der Waals surface area contributed by atoms with Gasteiger partial charge in [0.05, 0.1) is 0 Å². The lowest BCUT2D eigenvalue weighted by molar-refractivity contribution is 0.0835. The van der Waals surface area contributed by atoms with Gasteiger partial charge >= 0.3 is 0 Å². The van der Waals surface area contributed by atoms with Crippen LogP contribution in [0.1, 0.15) is 56.5 Å². The largest absolute Gasteiger partial charge is 0.396 e. The second kappa shape index (κ2) is 7.93. The standard InChI is InChI=1S/C18H26N4O3/c1-12(2)16-14(4-5-15(24)19-16)18-20-17(13-6-10-25-11-7-13)21-22(18)8-3-9-23/h4-5,12-13,23H,3,6-11H2,1-2H3,(H,19,24). The van der Waals surface area contributed by atoms with Crippen LogP contribution in [-0.4, -0.2) is 44.7 Å². The number of aliphatic hydroxyl groups excluding tert-OH is 1. The van der Waals surface area contributed by atoms with Crippen LogP contribution in [0.15, 0.2) is 16.9 Å². The Balaban J connectivity index is 2.04. The molecule has 0 bridgehead atoms. The molecule has 1 saturated heterocycles. The van der Waals surface area contributed by atoms with Gasteiger partial charge in [-0.15, -0.1) is 0 Å². The molecule has 7 heteroatoms. The molecule has 0 aliphatic carbocycles. The van der Waals surface area contributed by atoms with E-state index in [0.717, 1.165) is 49.0 Å². The van der Waals surface area contributed by atoms with Gasteiger partial charge in [-0.3, -0.25) is 4.79 Å². The number of nitrogens with zero attached hydrogens (tertiary/aromatic N) is 3. The van der Waals surface area contributed by atoms with Crippen molar-refractivity contribution in [3.63, 3.8) is 0 Å². The number of rotatable bonds is 6. The van der Waals surface area contributed by atoms with E-state index >= 15 is 0 Å². The molecule has 0 atom stereocenters. The van der Waals surface area contributed by atoms with Gasteiger partial charge in [0, 0.05) is 49.6 Å². The highest BCUT2D eigenvalue weighted by Crippen LogP contribution is 2.29. The molecule has 0 aromatic carbocycles. The van der Waals surface area contributed by atoms with Crippen molar-refractivity contribution < 1.29 is 9.84 Å². The maximum absolute atomic E-state index is 11.7. The molecule has 1 fully saturated rings. The van der Waals surface area contributed by atoms with Crippen molar-refractivity contribution in [3.05, 3.63) is 34.0 Å². The molecule has 3 rings (SSSR count). The Morgan fingerprint density at radius 2 is 2.12 bits per heavy atom. The van der Waals surface area contributed by atoms with Gasteiger partial charge < -0.3 is 14.8 Å². The van der Waals surface area contributed by atoms with E-state index in [0.29, 0.717) is 18.9 Å². The van der Waals surface area contributed by atoms with E-state index < -0.39 is 0 Å². The van der Waals surface area contributed by atoms with Gasteiger partial charge in [-0.2, -0.15) is 5.10 Å². The number of H-pyrrole nitrogens is 1. The van der Waals surface area contributed by atoms with E-state index in [2.05, 4.69) is 4.98 Å². The summed E-state index contributed by atoms with van der Waals surface area (Å²) in [5.41, 5.74) is 1.65. The number of aromatic amines is 1. The van der Waals surface area contributed by atoms with Crippen molar-refractivity contribution >= 4 is 0 Å². The van der Waals surface area contributed by atoms with Crippen LogP contribution in [0.4, 0.5) is 0 Å². The summed E-state index contributed by atoms with van der Waals surface area (Å²) in [5.74, 6) is 2.05. The summed E-state index contributed by atoms with van der Waals surface area (Å²) in [4.78, 5) is 19.5. The molecule has 3 heterocycles. The van der Waals surface area contributed by atoms with Crippen LogP contribution >= 0.6 is 0 Å². The maximum atomic E-state index is 11.7. The minimum Gasteiger partial charge on any atom is -0.396 e. The zero-order chi connectivity index (χ0) is 17.8. The molecule has 0 unspecified atom stereocenters. The second-order valence-electron chi connectivity index (χ2n) is 6.79. The molecule has 0 spiro atoms. The first-order chi connectivity index (χ1) is 12.1. The molecule has 1 aliphatic heterocycles. The molecule has 7 nitrogen and oxygen atoms in total. The normalized spacial score (nSPS) is 15.8. The highest BCUT2D eigenvalue weighted by Gasteiger charge is 2.24. The molecule has 1 aliphatic rings. The Morgan fingerprint density at radius 1 is 1.36 bits per heavy atom. The van der Waals surface area contributed by atoms with E-state index in [1.165, 1.54) is 6.07 Å². The highest BCUT2D eigenvalue weighted by atomic mass is 16.5. The Bertz CT molecular complexity index is 760. The molecule has 2 aromatic rings. The Morgan fingerprint density at radius 3 is 2.80 bits per heavy atom. The van der Waals surface area contributed by atoms with Crippen molar-refractivity contribution in [2.24, 2.45) is 0 Å². The topological polar surface area (TPSA) is 93.0 Å². The quantitative estimate of drug-likeness (QED) is 0.835. The molecule has 0 radical (unpaired) electrons. The summed E-state index contributed by atoms with van der Waals surface area (Å²) in [6, 6.07) is 3.35. The average Bonchev–Trinajstić information content (AvgIpc) is 3.04. The predicted octanol–water partition coefficient (Wildman–Crippen LogP) is 2.03. The molecule has 2 N–H and O–H groups in total. The molecule has 2 aromatic heterocycles. The summed E-state index contributed by atoms with van der Waals surface area (Å²) in [7, 11) is 0. The minimum atomic E-state index is -0.112. The maximum Gasteiger partial charge on any atom is 0.248 e.